The van der Waals surface area contributed by atoms with Crippen LogP contribution in [0.5, 0.6) is 11.5 Å². The van der Waals surface area contributed by atoms with Crippen molar-refractivity contribution in [2.24, 2.45) is 0 Å². The van der Waals surface area contributed by atoms with E-state index in [0.29, 0.717) is 25.6 Å². The fourth-order valence-corrected chi connectivity index (χ4v) is 2.27. The number of amides is 1. The molecule has 2 rings (SSSR count). The summed E-state index contributed by atoms with van der Waals surface area (Å²) in [6, 6.07) is 10.1. The van der Waals surface area contributed by atoms with Crippen LogP contribution in [-0.2, 0) is 19.0 Å². The lowest BCUT2D eigenvalue weighted by Gasteiger charge is -2.10. The van der Waals surface area contributed by atoms with Gasteiger partial charge in [-0.3, -0.25) is 0 Å². The van der Waals surface area contributed by atoms with E-state index in [1.165, 1.54) is 6.07 Å². The Morgan fingerprint density at radius 1 is 1.04 bits per heavy atom. The highest BCUT2D eigenvalue weighted by atomic mass is 16.6. The monoisotopic (exact) mass is 389 g/mol. The molecule has 0 unspecified atom stereocenters. The maximum atomic E-state index is 11.9. The Morgan fingerprint density at radius 2 is 1.79 bits per heavy atom. The minimum absolute atomic E-state index is 0.146. The number of aromatic hydroxyl groups is 1. The van der Waals surface area contributed by atoms with Gasteiger partial charge in [0.05, 0.1) is 26.4 Å². The van der Waals surface area contributed by atoms with Gasteiger partial charge >= 0.3 is 12.1 Å². The van der Waals surface area contributed by atoms with Crippen molar-refractivity contribution in [3.63, 3.8) is 0 Å². The number of phenols is 1. The number of carbonyl (C=O) groups is 2. The molecule has 0 saturated carbocycles. The van der Waals surface area contributed by atoms with E-state index in [0.717, 1.165) is 16.8 Å². The number of benzene rings is 2. The van der Waals surface area contributed by atoms with E-state index in [9.17, 15) is 14.7 Å². The van der Waals surface area contributed by atoms with Gasteiger partial charge in [-0.15, -0.1) is 0 Å². The van der Waals surface area contributed by atoms with E-state index >= 15 is 0 Å². The number of hydrogen-bond donors (Lipinski definition) is 2. The van der Waals surface area contributed by atoms with Gasteiger partial charge in [-0.2, -0.15) is 0 Å². The number of esters is 1. The topological polar surface area (TPSA) is 103 Å². The molecular weight excluding hydrogens is 366 g/mol. The second-order valence-electron chi connectivity index (χ2n) is 5.57. The average Bonchev–Trinajstić information content (AvgIpc) is 2.69. The summed E-state index contributed by atoms with van der Waals surface area (Å²) in [5, 5.41) is 13.6. The lowest BCUT2D eigenvalue weighted by Crippen LogP contribution is -2.30. The minimum atomic E-state index is -0.593. The first-order chi connectivity index (χ1) is 13.6. The zero-order valence-corrected chi connectivity index (χ0v) is 15.4. The molecule has 0 spiro atoms. The van der Waals surface area contributed by atoms with Gasteiger partial charge in [-0.1, -0.05) is 18.7 Å². The molecule has 2 N–H and O–H groups in total. The molecule has 8 nitrogen and oxygen atoms in total. The molecule has 0 fully saturated rings. The molecule has 0 aromatic heterocycles. The zero-order valence-electron chi connectivity index (χ0n) is 15.4. The van der Waals surface area contributed by atoms with Crippen molar-refractivity contribution < 1.29 is 33.6 Å². The maximum absolute atomic E-state index is 11.9. The highest BCUT2D eigenvalue weighted by Gasteiger charge is 2.08. The van der Waals surface area contributed by atoms with Crippen molar-refractivity contribution in [3.8, 4) is 11.5 Å². The fourth-order valence-electron chi connectivity index (χ4n) is 2.27. The quantitative estimate of drug-likeness (QED) is 0.345. The van der Waals surface area contributed by atoms with Crippen LogP contribution in [0.25, 0.3) is 10.8 Å². The van der Waals surface area contributed by atoms with Gasteiger partial charge in [-0.25, -0.2) is 9.59 Å². The third-order valence-electron chi connectivity index (χ3n) is 3.55. The average molecular weight is 389 g/mol. The molecular formula is C20H23NO7. The molecule has 0 bridgehead atoms. The standard InChI is InChI=1S/C20H23NO7/c1-2-19(23)27-13-12-26-11-10-25-9-8-21-20(24)28-18-5-3-4-15-14-16(22)6-7-17(15)18/h2-7,14,22H,1,8-13H2,(H,21,24). The summed E-state index contributed by atoms with van der Waals surface area (Å²) in [5.74, 6) is 0.0638. The Hall–Kier alpha value is -3.10. The smallest absolute Gasteiger partial charge is 0.412 e. The number of hydrogen-bond acceptors (Lipinski definition) is 7. The third kappa shape index (κ3) is 7.26. The Kier molecular flexibility index (Phi) is 8.77. The number of nitrogens with one attached hydrogen (secondary N) is 1. The molecule has 28 heavy (non-hydrogen) atoms. The number of fused-ring (bicyclic) bond motifs is 1. The Labute approximate surface area is 162 Å². The summed E-state index contributed by atoms with van der Waals surface area (Å²) in [7, 11) is 0. The van der Waals surface area contributed by atoms with E-state index in [4.69, 9.17) is 18.9 Å². The van der Waals surface area contributed by atoms with Crippen molar-refractivity contribution in [2.45, 2.75) is 0 Å². The number of rotatable bonds is 11. The summed E-state index contributed by atoms with van der Waals surface area (Å²) in [5.41, 5.74) is 0. The van der Waals surface area contributed by atoms with Gasteiger partial charge in [0.1, 0.15) is 18.1 Å². The van der Waals surface area contributed by atoms with Crippen LogP contribution in [-0.4, -0.2) is 56.7 Å². The molecule has 2 aromatic carbocycles. The van der Waals surface area contributed by atoms with E-state index in [1.54, 1.807) is 24.3 Å². The highest BCUT2D eigenvalue weighted by Crippen LogP contribution is 2.28. The molecule has 0 radical (unpaired) electrons. The SMILES string of the molecule is C=CC(=O)OCCOCCOCCNC(=O)Oc1cccc2cc(O)ccc12. The molecule has 0 heterocycles. The van der Waals surface area contributed by atoms with Crippen molar-refractivity contribution in [1.82, 2.24) is 5.32 Å². The predicted molar refractivity (Wildman–Crippen MR) is 102 cm³/mol. The third-order valence-corrected chi connectivity index (χ3v) is 3.55. The second-order valence-corrected chi connectivity index (χ2v) is 5.57. The summed E-state index contributed by atoms with van der Waals surface area (Å²) in [6.07, 6.45) is 0.496. The van der Waals surface area contributed by atoms with Crippen molar-refractivity contribution in [2.75, 3.05) is 39.6 Å². The van der Waals surface area contributed by atoms with Crippen molar-refractivity contribution >= 4 is 22.8 Å². The first-order valence-electron chi connectivity index (χ1n) is 8.72. The maximum Gasteiger partial charge on any atom is 0.412 e. The Morgan fingerprint density at radius 3 is 2.57 bits per heavy atom. The van der Waals surface area contributed by atoms with Crippen LogP contribution in [0.15, 0.2) is 49.1 Å². The van der Waals surface area contributed by atoms with Gasteiger partial charge in [0.2, 0.25) is 0 Å². The van der Waals surface area contributed by atoms with E-state index in [2.05, 4.69) is 11.9 Å². The molecule has 0 aliphatic carbocycles. The summed E-state index contributed by atoms with van der Waals surface area (Å²) >= 11 is 0. The van der Waals surface area contributed by atoms with Crippen LogP contribution in [0.4, 0.5) is 4.79 Å². The molecule has 0 atom stereocenters. The molecule has 8 heteroatoms. The first-order valence-corrected chi connectivity index (χ1v) is 8.72. The van der Waals surface area contributed by atoms with Crippen LogP contribution in [0, 0.1) is 0 Å². The van der Waals surface area contributed by atoms with Crippen LogP contribution in [0.3, 0.4) is 0 Å². The minimum Gasteiger partial charge on any atom is -0.508 e. The van der Waals surface area contributed by atoms with Crippen molar-refractivity contribution in [3.05, 3.63) is 49.1 Å². The molecule has 2 aromatic rings. The zero-order chi connectivity index (χ0) is 20.2. The Balaban J connectivity index is 1.57. The normalized spacial score (nSPS) is 10.4. The predicted octanol–water partition coefficient (Wildman–Crippen LogP) is 2.40. The summed E-state index contributed by atoms with van der Waals surface area (Å²) < 4.78 is 20.6. The second kappa shape index (κ2) is 11.6. The molecule has 1 amide bonds. The number of carbonyl (C=O) groups excluding carboxylic acids is 2. The van der Waals surface area contributed by atoms with Crippen LogP contribution < -0.4 is 10.1 Å². The van der Waals surface area contributed by atoms with E-state index in [1.807, 2.05) is 6.07 Å². The van der Waals surface area contributed by atoms with E-state index in [-0.39, 0.29) is 25.5 Å². The summed E-state index contributed by atoms with van der Waals surface area (Å²) in [4.78, 5) is 22.7. The van der Waals surface area contributed by atoms with Gasteiger partial charge in [0, 0.05) is 18.0 Å². The van der Waals surface area contributed by atoms with Crippen LogP contribution >= 0.6 is 0 Å². The van der Waals surface area contributed by atoms with Gasteiger partial charge in [-0.05, 0) is 29.7 Å². The van der Waals surface area contributed by atoms with Crippen LogP contribution in [0.2, 0.25) is 0 Å². The fraction of sp³-hybridized carbons (Fsp3) is 0.300. The van der Waals surface area contributed by atoms with Gasteiger partial charge in [0.15, 0.2) is 0 Å². The van der Waals surface area contributed by atoms with Crippen molar-refractivity contribution in [1.29, 1.82) is 0 Å². The molecule has 0 aliphatic heterocycles. The van der Waals surface area contributed by atoms with Crippen LogP contribution in [0.1, 0.15) is 0 Å². The lowest BCUT2D eigenvalue weighted by molar-refractivity contribution is -0.139. The first kappa shape index (κ1) is 21.2. The number of phenolic OH excluding ortho intramolecular Hbond substituents is 1. The van der Waals surface area contributed by atoms with Gasteiger partial charge in [0.25, 0.3) is 0 Å². The molecule has 150 valence electrons. The van der Waals surface area contributed by atoms with Gasteiger partial charge < -0.3 is 29.4 Å². The number of ether oxygens (including phenoxy) is 4. The molecule has 0 saturated heterocycles. The largest absolute Gasteiger partial charge is 0.508 e. The lowest BCUT2D eigenvalue weighted by atomic mass is 10.1. The van der Waals surface area contributed by atoms with E-state index < -0.39 is 12.1 Å². The Bertz CT molecular complexity index is 806. The highest BCUT2D eigenvalue weighted by molar-refractivity contribution is 5.91. The molecule has 0 aliphatic rings. The summed E-state index contributed by atoms with van der Waals surface area (Å²) in [6.45, 7) is 4.99.